The summed E-state index contributed by atoms with van der Waals surface area (Å²) in [5.41, 5.74) is 4.95. The highest BCUT2D eigenvalue weighted by atomic mass is 35.5. The maximum Gasteiger partial charge on any atom is 0.262 e. The minimum Gasteiger partial charge on any atom is -0.496 e. The zero-order valence-electron chi connectivity index (χ0n) is 28.4. The summed E-state index contributed by atoms with van der Waals surface area (Å²) in [6, 6.07) is 17.8. The zero-order valence-corrected chi connectivity index (χ0v) is 29.9. The van der Waals surface area contributed by atoms with E-state index in [0.717, 1.165) is 18.4 Å². The van der Waals surface area contributed by atoms with Crippen LogP contribution in [0.2, 0.25) is 10.0 Å². The van der Waals surface area contributed by atoms with Crippen LogP contribution < -0.4 is 31.6 Å². The van der Waals surface area contributed by atoms with Crippen molar-refractivity contribution in [1.82, 2.24) is 30.7 Å². The summed E-state index contributed by atoms with van der Waals surface area (Å²) in [6.45, 7) is 1.84. The van der Waals surface area contributed by atoms with Gasteiger partial charge < -0.3 is 26.0 Å². The number of benzene rings is 3. The largest absolute Gasteiger partial charge is 0.496 e. The summed E-state index contributed by atoms with van der Waals surface area (Å²) in [5, 5.41) is 13.1. The second-order valence-corrected chi connectivity index (χ2v) is 13.8. The van der Waals surface area contributed by atoms with Gasteiger partial charge in [-0.1, -0.05) is 59.6 Å². The van der Waals surface area contributed by atoms with Crippen LogP contribution in [0.3, 0.4) is 0 Å². The van der Waals surface area contributed by atoms with Gasteiger partial charge in [-0.25, -0.2) is 9.37 Å². The first-order valence-electron chi connectivity index (χ1n) is 17.1. The van der Waals surface area contributed by atoms with Crippen molar-refractivity contribution in [1.29, 1.82) is 0 Å². The number of fused-ring (bicyclic) bond motifs is 1. The molecule has 4 heterocycles. The maximum absolute atomic E-state index is 15.8. The number of methoxy groups -OCH3 is 1. The Hall–Kier alpha value is -4.81. The summed E-state index contributed by atoms with van der Waals surface area (Å²) >= 11 is 14.1. The van der Waals surface area contributed by atoms with E-state index in [1.54, 1.807) is 36.7 Å². The topological polar surface area (TPSA) is 126 Å². The number of nitrogens with one attached hydrogen (secondary N) is 4. The lowest BCUT2D eigenvalue weighted by molar-refractivity contribution is -0.120. The van der Waals surface area contributed by atoms with Gasteiger partial charge in [-0.15, -0.1) is 0 Å². The van der Waals surface area contributed by atoms with Crippen molar-refractivity contribution in [3.8, 4) is 39.1 Å². The third kappa shape index (κ3) is 7.40. The predicted molar refractivity (Wildman–Crippen MR) is 200 cm³/mol. The molecule has 2 aromatic heterocycles. The Morgan fingerprint density at radius 1 is 0.808 bits per heavy atom. The molecule has 2 atom stereocenters. The lowest BCUT2D eigenvalue weighted by Crippen LogP contribution is -2.36. The molecule has 2 aliphatic heterocycles. The molecule has 7 rings (SSSR count). The highest BCUT2D eigenvalue weighted by molar-refractivity contribution is 6.39. The summed E-state index contributed by atoms with van der Waals surface area (Å²) < 4.78 is 22.9. The van der Waals surface area contributed by atoms with E-state index in [1.165, 1.54) is 17.6 Å². The summed E-state index contributed by atoms with van der Waals surface area (Å²) in [6.07, 6.45) is 5.83. The highest BCUT2D eigenvalue weighted by Crippen LogP contribution is 2.43. The standard InChI is InChI=1S/C39H37Cl2FN6O4/c1-52-33-16-31(32(42)14-23(33)17-43-20-25-8-10-35(49)46-25)30-7-3-6-29(38(30)41)28-5-2-4-27(37(28)40)22-12-13-48-34(15-22)45-19-24(39(48)51)18-44-21-26-9-11-36(50)47-26/h2-7,12-16,19,25-26,43-44H,8-11,17-18,20-21H2,1H3,(H,46,49)(H,47,50)/t25-,26+/m1/s1. The number of ether oxygens (including phenoxy) is 1. The van der Waals surface area contributed by atoms with Crippen molar-refractivity contribution >= 4 is 40.7 Å². The molecule has 4 N–H and O–H groups in total. The Bertz CT molecular complexity index is 2250. The van der Waals surface area contributed by atoms with Crippen molar-refractivity contribution in [2.75, 3.05) is 20.2 Å². The van der Waals surface area contributed by atoms with E-state index >= 15 is 4.39 Å². The summed E-state index contributed by atoms with van der Waals surface area (Å²) in [7, 11) is 1.54. The first kappa shape index (κ1) is 35.6. The molecule has 2 saturated heterocycles. The predicted octanol–water partition coefficient (Wildman–Crippen LogP) is 5.89. The van der Waals surface area contributed by atoms with Crippen LogP contribution in [0, 0.1) is 5.82 Å². The fourth-order valence-corrected chi connectivity index (χ4v) is 7.53. The van der Waals surface area contributed by atoms with Crippen LogP contribution in [0.1, 0.15) is 36.8 Å². The van der Waals surface area contributed by atoms with Crippen LogP contribution in [0.5, 0.6) is 5.75 Å². The molecule has 0 spiro atoms. The van der Waals surface area contributed by atoms with Gasteiger partial charge in [0.25, 0.3) is 5.56 Å². The smallest absolute Gasteiger partial charge is 0.262 e. The van der Waals surface area contributed by atoms with Crippen molar-refractivity contribution in [3.05, 3.63) is 110 Å². The summed E-state index contributed by atoms with van der Waals surface area (Å²) in [5.74, 6) is 0.149. The van der Waals surface area contributed by atoms with Crippen molar-refractivity contribution < 1.29 is 18.7 Å². The minimum absolute atomic E-state index is 0.0450. The van der Waals surface area contributed by atoms with Crippen LogP contribution in [0.25, 0.3) is 39.0 Å². The number of hydrogen-bond acceptors (Lipinski definition) is 7. The molecule has 52 heavy (non-hydrogen) atoms. The van der Waals surface area contributed by atoms with Gasteiger partial charge in [0.15, 0.2) is 0 Å². The Balaban J connectivity index is 1.12. The van der Waals surface area contributed by atoms with Gasteiger partial charge in [0.2, 0.25) is 11.8 Å². The number of hydrogen-bond donors (Lipinski definition) is 4. The molecule has 0 saturated carbocycles. The van der Waals surface area contributed by atoms with Crippen LogP contribution in [-0.4, -0.2) is 53.5 Å². The number of nitrogens with zero attached hydrogens (tertiary/aromatic N) is 2. The Morgan fingerprint density at radius 2 is 1.38 bits per heavy atom. The maximum atomic E-state index is 15.8. The molecule has 3 aromatic carbocycles. The van der Waals surface area contributed by atoms with Crippen LogP contribution in [0.4, 0.5) is 4.39 Å². The highest BCUT2D eigenvalue weighted by Gasteiger charge is 2.23. The molecule has 10 nitrogen and oxygen atoms in total. The third-order valence-corrected chi connectivity index (χ3v) is 10.4. The quantitative estimate of drug-likeness (QED) is 0.126. The SMILES string of the molecule is COc1cc(-c2cccc(-c3cccc(-c4ccn5c(=O)c(CNC[C@@H]6CCC(=O)N6)cnc5c4)c3Cl)c2Cl)c(F)cc1CNC[C@H]1CCC(=O)N1. The van der Waals surface area contributed by atoms with Crippen molar-refractivity contribution in [2.45, 2.75) is 50.9 Å². The van der Waals surface area contributed by atoms with Crippen LogP contribution >= 0.6 is 23.2 Å². The molecule has 13 heteroatoms. The molecule has 2 amide bonds. The van der Waals surface area contributed by atoms with Crippen molar-refractivity contribution in [2.24, 2.45) is 0 Å². The average Bonchev–Trinajstić information content (AvgIpc) is 3.76. The number of amides is 2. The van der Waals surface area contributed by atoms with Gasteiger partial charge >= 0.3 is 0 Å². The number of pyridine rings is 1. The van der Waals surface area contributed by atoms with Crippen LogP contribution in [0.15, 0.2) is 77.9 Å². The monoisotopic (exact) mass is 742 g/mol. The number of halogens is 3. The first-order valence-corrected chi connectivity index (χ1v) is 17.9. The second kappa shape index (κ2) is 15.4. The minimum atomic E-state index is -0.453. The molecule has 2 aliphatic rings. The van der Waals surface area contributed by atoms with Crippen molar-refractivity contribution in [3.63, 3.8) is 0 Å². The molecule has 268 valence electrons. The molecule has 0 unspecified atom stereocenters. The number of carbonyl (C=O) groups is 2. The molecular weight excluding hydrogens is 706 g/mol. The van der Waals surface area contributed by atoms with Gasteiger partial charge in [-0.3, -0.25) is 18.8 Å². The van der Waals surface area contributed by atoms with E-state index in [1.807, 2.05) is 30.3 Å². The lowest BCUT2D eigenvalue weighted by atomic mass is 9.95. The molecule has 0 aliphatic carbocycles. The van der Waals surface area contributed by atoms with E-state index < -0.39 is 5.82 Å². The van der Waals surface area contributed by atoms with E-state index in [-0.39, 0.29) is 35.0 Å². The Labute approximate surface area is 309 Å². The first-order chi connectivity index (χ1) is 25.2. The fraction of sp³-hybridized carbons (Fsp3) is 0.282. The van der Waals surface area contributed by atoms with Gasteiger partial charge in [-0.2, -0.15) is 0 Å². The lowest BCUT2D eigenvalue weighted by Gasteiger charge is -2.17. The second-order valence-electron chi connectivity index (χ2n) is 13.1. The number of aromatic nitrogens is 2. The van der Waals surface area contributed by atoms with Gasteiger partial charge in [0.1, 0.15) is 17.2 Å². The number of carbonyl (C=O) groups excluding carboxylic acids is 2. The number of rotatable bonds is 12. The molecule has 5 aromatic rings. The van der Waals surface area contributed by atoms with Crippen LogP contribution in [-0.2, 0) is 22.7 Å². The summed E-state index contributed by atoms with van der Waals surface area (Å²) in [4.78, 5) is 40.8. The normalized spacial score (nSPS) is 17.1. The fourth-order valence-electron chi connectivity index (χ4n) is 6.87. The molecule has 0 bridgehead atoms. The van der Waals surface area contributed by atoms with E-state index in [9.17, 15) is 14.4 Å². The van der Waals surface area contributed by atoms with E-state index in [0.29, 0.717) is 93.8 Å². The van der Waals surface area contributed by atoms with Gasteiger partial charge in [0, 0.05) is 102 Å². The zero-order chi connectivity index (χ0) is 36.4. The van der Waals surface area contributed by atoms with E-state index in [2.05, 4.69) is 26.3 Å². The average molecular weight is 744 g/mol. The van der Waals surface area contributed by atoms with Gasteiger partial charge in [0.05, 0.1) is 17.2 Å². The Morgan fingerprint density at radius 3 is 1.98 bits per heavy atom. The Kier molecular flexibility index (Phi) is 10.6. The molecule has 0 radical (unpaired) electrons. The van der Waals surface area contributed by atoms with Gasteiger partial charge in [-0.05, 0) is 42.7 Å². The van der Waals surface area contributed by atoms with E-state index in [4.69, 9.17) is 27.9 Å². The molecule has 2 fully saturated rings. The third-order valence-electron chi connectivity index (χ3n) is 9.62. The molecular formula is C39H37Cl2FN6O4.